The van der Waals surface area contributed by atoms with Gasteiger partial charge in [-0.2, -0.15) is 0 Å². The highest BCUT2D eigenvalue weighted by atomic mass is 16.3. The number of aliphatic hydroxyl groups is 1. The number of aliphatic hydroxyl groups excluding tert-OH is 1. The van der Waals surface area contributed by atoms with Crippen LogP contribution >= 0.6 is 0 Å². The van der Waals surface area contributed by atoms with Gasteiger partial charge in [0.25, 0.3) is 0 Å². The van der Waals surface area contributed by atoms with E-state index in [2.05, 4.69) is 20.1 Å². The summed E-state index contributed by atoms with van der Waals surface area (Å²) in [5.41, 5.74) is 2.71. The van der Waals surface area contributed by atoms with Gasteiger partial charge in [-0.25, -0.2) is 0 Å². The van der Waals surface area contributed by atoms with Crippen molar-refractivity contribution in [1.29, 1.82) is 0 Å². The first-order valence-electron chi connectivity index (χ1n) is 5.53. The van der Waals surface area contributed by atoms with Crippen LogP contribution in [0.25, 0.3) is 0 Å². The predicted molar refractivity (Wildman–Crippen MR) is 58.9 cm³/mol. The van der Waals surface area contributed by atoms with E-state index in [-0.39, 0.29) is 5.41 Å². The Kier molecular flexibility index (Phi) is 2.30. The lowest BCUT2D eigenvalue weighted by molar-refractivity contribution is 0.0554. The summed E-state index contributed by atoms with van der Waals surface area (Å²) < 4.78 is 0. The fourth-order valence-corrected chi connectivity index (χ4v) is 3.55. The number of hydrogen-bond donors (Lipinski definition) is 1. The summed E-state index contributed by atoms with van der Waals surface area (Å²) in [6, 6.07) is 0. The van der Waals surface area contributed by atoms with Crippen LogP contribution in [0.1, 0.15) is 32.6 Å². The summed E-state index contributed by atoms with van der Waals surface area (Å²) in [4.78, 5) is 0. The van der Waals surface area contributed by atoms with Gasteiger partial charge in [0.15, 0.2) is 0 Å². The van der Waals surface area contributed by atoms with Crippen LogP contribution in [0.2, 0.25) is 0 Å². The Balaban J connectivity index is 2.30. The third-order valence-electron chi connectivity index (χ3n) is 4.26. The molecule has 0 unspecified atom stereocenters. The first-order chi connectivity index (χ1) is 6.59. The number of rotatable bonds is 2. The van der Waals surface area contributed by atoms with Gasteiger partial charge < -0.3 is 5.11 Å². The maximum absolute atomic E-state index is 9.62. The first kappa shape index (κ1) is 9.97. The third-order valence-corrected chi connectivity index (χ3v) is 4.26. The Morgan fingerprint density at radius 2 is 2.29 bits per heavy atom. The molecule has 1 N–H and O–H groups in total. The standard InChI is InChI=1S/C13H20O/c1-9(2)12-5-4-11-7-13(12,8-14)6-10(11)3/h11-12,14H,1,3-8H2,2H3/t11-,12+,13-/m1/s1. The molecule has 0 heterocycles. The van der Waals surface area contributed by atoms with E-state index in [0.717, 1.165) is 12.8 Å². The van der Waals surface area contributed by atoms with Crippen LogP contribution in [0.4, 0.5) is 0 Å². The van der Waals surface area contributed by atoms with Gasteiger partial charge in [0.1, 0.15) is 0 Å². The van der Waals surface area contributed by atoms with Gasteiger partial charge in [-0.15, -0.1) is 0 Å². The van der Waals surface area contributed by atoms with Gasteiger partial charge in [-0.3, -0.25) is 0 Å². The lowest BCUT2D eigenvalue weighted by atomic mass is 9.66. The van der Waals surface area contributed by atoms with Crippen LogP contribution < -0.4 is 0 Å². The molecule has 0 aliphatic heterocycles. The quantitative estimate of drug-likeness (QED) is 0.667. The predicted octanol–water partition coefficient (Wildman–Crippen LogP) is 2.92. The Morgan fingerprint density at radius 3 is 2.86 bits per heavy atom. The molecular weight excluding hydrogens is 172 g/mol. The molecule has 2 fully saturated rings. The van der Waals surface area contributed by atoms with Gasteiger partial charge in [-0.05, 0) is 44.4 Å². The molecule has 0 saturated heterocycles. The molecule has 0 amide bonds. The molecule has 0 aromatic heterocycles. The topological polar surface area (TPSA) is 20.2 Å². The number of hydrogen-bond acceptors (Lipinski definition) is 1. The van der Waals surface area contributed by atoms with Crippen LogP contribution in [0.15, 0.2) is 24.3 Å². The second kappa shape index (κ2) is 3.23. The number of allylic oxidation sites excluding steroid dienone is 2. The van der Waals surface area contributed by atoms with Crippen LogP contribution in [0.5, 0.6) is 0 Å². The van der Waals surface area contributed by atoms with Crippen LogP contribution in [0, 0.1) is 17.3 Å². The molecule has 0 radical (unpaired) electrons. The van der Waals surface area contributed by atoms with E-state index in [4.69, 9.17) is 0 Å². The highest BCUT2D eigenvalue weighted by Crippen LogP contribution is 2.57. The Labute approximate surface area is 86.5 Å². The summed E-state index contributed by atoms with van der Waals surface area (Å²) in [5, 5.41) is 9.62. The van der Waals surface area contributed by atoms with Crippen LogP contribution in [-0.4, -0.2) is 11.7 Å². The van der Waals surface area contributed by atoms with E-state index >= 15 is 0 Å². The lowest BCUT2D eigenvalue weighted by Crippen LogP contribution is -2.35. The molecule has 2 aliphatic rings. The van der Waals surface area contributed by atoms with E-state index in [1.807, 2.05) is 0 Å². The largest absolute Gasteiger partial charge is 0.396 e. The van der Waals surface area contributed by atoms with E-state index in [1.54, 1.807) is 0 Å². The van der Waals surface area contributed by atoms with E-state index in [9.17, 15) is 5.11 Å². The molecule has 1 heteroatoms. The number of fused-ring (bicyclic) bond motifs is 2. The zero-order valence-corrected chi connectivity index (χ0v) is 9.05. The summed E-state index contributed by atoms with van der Waals surface area (Å²) in [6.07, 6.45) is 4.60. The molecular formula is C13H20O. The summed E-state index contributed by atoms with van der Waals surface area (Å²) >= 11 is 0. The van der Waals surface area contributed by atoms with E-state index in [1.165, 1.54) is 24.0 Å². The van der Waals surface area contributed by atoms with Crippen molar-refractivity contribution >= 4 is 0 Å². The lowest BCUT2D eigenvalue weighted by Gasteiger charge is -2.40. The van der Waals surface area contributed by atoms with Crippen molar-refractivity contribution < 1.29 is 5.11 Å². The highest BCUT2D eigenvalue weighted by Gasteiger charge is 2.49. The van der Waals surface area contributed by atoms with Gasteiger partial charge in [0.2, 0.25) is 0 Å². The molecule has 0 spiro atoms. The second-order valence-corrected chi connectivity index (χ2v) is 5.23. The monoisotopic (exact) mass is 192 g/mol. The van der Waals surface area contributed by atoms with Crippen LogP contribution in [-0.2, 0) is 0 Å². The Morgan fingerprint density at radius 1 is 1.57 bits per heavy atom. The van der Waals surface area contributed by atoms with E-state index < -0.39 is 0 Å². The van der Waals surface area contributed by atoms with Gasteiger partial charge in [0.05, 0.1) is 0 Å². The summed E-state index contributed by atoms with van der Waals surface area (Å²) in [7, 11) is 0. The summed E-state index contributed by atoms with van der Waals surface area (Å²) in [6.45, 7) is 10.6. The molecule has 0 aromatic carbocycles. The van der Waals surface area contributed by atoms with Crippen molar-refractivity contribution in [1.82, 2.24) is 0 Å². The van der Waals surface area contributed by atoms with Crippen LogP contribution in [0.3, 0.4) is 0 Å². The average Bonchev–Trinajstić information content (AvgIpc) is 2.40. The minimum Gasteiger partial charge on any atom is -0.396 e. The van der Waals surface area contributed by atoms with Crippen molar-refractivity contribution in [2.75, 3.05) is 6.61 Å². The molecule has 2 aliphatic carbocycles. The fraction of sp³-hybridized carbons (Fsp3) is 0.692. The maximum atomic E-state index is 9.62. The SMILES string of the molecule is C=C1C[C@]2(CO)C[C@H]1CC[C@H]2C(=C)C. The van der Waals surface area contributed by atoms with Crippen molar-refractivity contribution in [2.24, 2.45) is 17.3 Å². The molecule has 2 saturated carbocycles. The van der Waals surface area contributed by atoms with Gasteiger partial charge in [-0.1, -0.05) is 24.3 Å². The smallest absolute Gasteiger partial charge is 0.0496 e. The zero-order chi connectivity index (χ0) is 10.3. The minimum absolute atomic E-state index is 0.103. The molecule has 3 atom stereocenters. The average molecular weight is 192 g/mol. The van der Waals surface area contributed by atoms with Gasteiger partial charge in [0, 0.05) is 12.0 Å². The first-order valence-corrected chi connectivity index (χ1v) is 5.53. The van der Waals surface area contributed by atoms with Crippen molar-refractivity contribution in [3.63, 3.8) is 0 Å². The molecule has 2 bridgehead atoms. The zero-order valence-electron chi connectivity index (χ0n) is 9.05. The molecule has 78 valence electrons. The van der Waals surface area contributed by atoms with Gasteiger partial charge >= 0.3 is 0 Å². The fourth-order valence-electron chi connectivity index (χ4n) is 3.55. The highest BCUT2D eigenvalue weighted by molar-refractivity contribution is 5.22. The van der Waals surface area contributed by atoms with E-state index in [0.29, 0.717) is 18.4 Å². The second-order valence-electron chi connectivity index (χ2n) is 5.23. The van der Waals surface area contributed by atoms with Crippen molar-refractivity contribution in [3.8, 4) is 0 Å². The van der Waals surface area contributed by atoms with Crippen molar-refractivity contribution in [2.45, 2.75) is 32.6 Å². The molecule has 0 aromatic rings. The molecule has 2 rings (SSSR count). The minimum atomic E-state index is 0.103. The third kappa shape index (κ3) is 1.26. The normalized spacial score (nSPS) is 41.4. The molecule has 1 nitrogen and oxygen atoms in total. The Bertz CT molecular complexity index is 279. The van der Waals surface area contributed by atoms with Crippen molar-refractivity contribution in [3.05, 3.63) is 24.3 Å². The summed E-state index contributed by atoms with van der Waals surface area (Å²) in [5.74, 6) is 1.20. The maximum Gasteiger partial charge on any atom is 0.0496 e. The molecule has 14 heavy (non-hydrogen) atoms. The Hall–Kier alpha value is -0.560.